The Morgan fingerprint density at radius 2 is 1.88 bits per heavy atom. The van der Waals surface area contributed by atoms with Crippen molar-refractivity contribution in [1.82, 2.24) is 10.4 Å². The van der Waals surface area contributed by atoms with E-state index < -0.39 is 36.2 Å². The van der Waals surface area contributed by atoms with Gasteiger partial charge in [0.15, 0.2) is 11.6 Å². The maximum Gasteiger partial charge on any atom is 0.414 e. The highest BCUT2D eigenvalue weighted by molar-refractivity contribution is 5.90. The maximum atomic E-state index is 14.9. The Kier molecular flexibility index (Phi) is 7.92. The highest BCUT2D eigenvalue weighted by Gasteiger charge is 2.34. The van der Waals surface area contributed by atoms with Crippen LogP contribution in [0.15, 0.2) is 12.1 Å². The number of hydrogen-bond donors (Lipinski definition) is 2. The van der Waals surface area contributed by atoms with Crippen molar-refractivity contribution in [2.24, 2.45) is 5.73 Å². The Balaban J connectivity index is 1.68. The number of carbonyl (C=O) groups is 3. The number of benzene rings is 1. The van der Waals surface area contributed by atoms with E-state index in [1.807, 2.05) is 5.32 Å². The topological polar surface area (TPSA) is 117 Å². The number of nitrogens with one attached hydrogen (secondary N) is 1. The van der Waals surface area contributed by atoms with Crippen LogP contribution in [0.25, 0.3) is 0 Å². The van der Waals surface area contributed by atoms with Gasteiger partial charge in [0.1, 0.15) is 11.8 Å². The van der Waals surface area contributed by atoms with Crippen molar-refractivity contribution in [2.45, 2.75) is 19.0 Å². The predicted molar refractivity (Wildman–Crippen MR) is 107 cm³/mol. The molecule has 0 bridgehead atoms. The first-order valence-electron chi connectivity index (χ1n) is 10.1. The quantitative estimate of drug-likeness (QED) is 0.553. The highest BCUT2D eigenvalue weighted by atomic mass is 19.3. The third-order valence-corrected chi connectivity index (χ3v) is 5.02. The summed E-state index contributed by atoms with van der Waals surface area (Å²) in [6.07, 6.45) is -5.04. The van der Waals surface area contributed by atoms with Crippen LogP contribution in [0.2, 0.25) is 0 Å². The fourth-order valence-electron chi connectivity index (χ4n) is 3.46. The molecular formula is C19H23F4N5O5. The number of nitrogens with two attached hydrogens (primary N) is 1. The van der Waals surface area contributed by atoms with Gasteiger partial charge in [0.25, 0.3) is 5.91 Å². The van der Waals surface area contributed by atoms with Gasteiger partial charge in [0.05, 0.1) is 31.9 Å². The van der Waals surface area contributed by atoms with Crippen LogP contribution in [-0.4, -0.2) is 81.4 Å². The third-order valence-electron chi connectivity index (χ3n) is 5.02. The van der Waals surface area contributed by atoms with Crippen LogP contribution in [0.1, 0.15) is 6.42 Å². The van der Waals surface area contributed by atoms with Gasteiger partial charge < -0.3 is 20.7 Å². The Bertz CT molecular complexity index is 882. The van der Waals surface area contributed by atoms with E-state index in [9.17, 15) is 31.9 Å². The Morgan fingerprint density at radius 3 is 2.52 bits per heavy atom. The zero-order valence-corrected chi connectivity index (χ0v) is 17.4. The standard InChI is InChI=1S/C19H23F4N5O5/c20-13-7-11(27-10-12(33-19(27)31)9-25-18(30)17(22)23)8-14(21)16(13)26-3-4-28(32-6-5-26)15(29)1-2-24/h7-8,12,17H,1-6,9-10,24H2,(H,25,30)/t12-/m0/s1. The number of anilines is 2. The summed E-state index contributed by atoms with van der Waals surface area (Å²) >= 11 is 0. The van der Waals surface area contributed by atoms with E-state index in [0.29, 0.717) is 0 Å². The van der Waals surface area contributed by atoms with Gasteiger partial charge in [-0.15, -0.1) is 0 Å². The Morgan fingerprint density at radius 1 is 1.18 bits per heavy atom. The van der Waals surface area contributed by atoms with E-state index in [4.69, 9.17) is 15.3 Å². The van der Waals surface area contributed by atoms with Gasteiger partial charge in [-0.3, -0.25) is 19.3 Å². The van der Waals surface area contributed by atoms with Crippen LogP contribution >= 0.6 is 0 Å². The van der Waals surface area contributed by atoms with Crippen molar-refractivity contribution < 1.29 is 41.5 Å². The van der Waals surface area contributed by atoms with E-state index in [2.05, 4.69) is 0 Å². The molecule has 0 saturated carbocycles. The van der Waals surface area contributed by atoms with Crippen molar-refractivity contribution >= 4 is 29.3 Å². The minimum atomic E-state index is -3.22. The lowest BCUT2D eigenvalue weighted by Crippen LogP contribution is -2.37. The number of amides is 3. The molecule has 14 heteroatoms. The molecule has 2 fully saturated rings. The van der Waals surface area contributed by atoms with Crippen molar-refractivity contribution in [2.75, 3.05) is 55.7 Å². The molecule has 2 heterocycles. The third kappa shape index (κ3) is 5.82. The monoisotopic (exact) mass is 477 g/mol. The molecule has 0 aromatic heterocycles. The Hall–Kier alpha value is -3.13. The molecule has 182 valence electrons. The van der Waals surface area contributed by atoms with Gasteiger partial charge in [-0.05, 0) is 0 Å². The summed E-state index contributed by atoms with van der Waals surface area (Å²) in [7, 11) is 0. The number of hydroxylamine groups is 2. The lowest BCUT2D eigenvalue weighted by Gasteiger charge is -2.24. The van der Waals surface area contributed by atoms with Crippen LogP contribution < -0.4 is 20.9 Å². The number of carbonyl (C=O) groups excluding carboxylic acids is 3. The van der Waals surface area contributed by atoms with Gasteiger partial charge in [0.2, 0.25) is 5.91 Å². The summed E-state index contributed by atoms with van der Waals surface area (Å²) in [5, 5.41) is 3.04. The summed E-state index contributed by atoms with van der Waals surface area (Å²) in [5.74, 6) is -3.75. The summed E-state index contributed by atoms with van der Waals surface area (Å²) < 4.78 is 59.3. The van der Waals surface area contributed by atoms with Crippen LogP contribution in [0.3, 0.4) is 0 Å². The molecule has 3 rings (SSSR count). The van der Waals surface area contributed by atoms with Crippen LogP contribution in [0.5, 0.6) is 0 Å². The minimum absolute atomic E-state index is 0.0153. The van der Waals surface area contributed by atoms with E-state index in [1.165, 1.54) is 4.90 Å². The van der Waals surface area contributed by atoms with Gasteiger partial charge >= 0.3 is 12.5 Å². The van der Waals surface area contributed by atoms with Gasteiger partial charge in [-0.2, -0.15) is 8.78 Å². The number of alkyl halides is 2. The minimum Gasteiger partial charge on any atom is -0.442 e. The molecule has 2 aliphatic heterocycles. The molecule has 3 N–H and O–H groups in total. The molecule has 0 unspecified atom stereocenters. The number of hydrogen-bond acceptors (Lipinski definition) is 7. The van der Waals surface area contributed by atoms with E-state index in [-0.39, 0.29) is 69.6 Å². The second kappa shape index (κ2) is 10.7. The Labute approximate surface area is 186 Å². The van der Waals surface area contributed by atoms with Crippen LogP contribution in [0.4, 0.5) is 33.7 Å². The zero-order valence-electron chi connectivity index (χ0n) is 17.4. The number of nitrogens with zero attached hydrogens (tertiary/aromatic N) is 3. The molecule has 2 aliphatic rings. The van der Waals surface area contributed by atoms with Gasteiger partial charge in [-0.25, -0.2) is 18.6 Å². The van der Waals surface area contributed by atoms with Crippen LogP contribution in [-0.2, 0) is 19.2 Å². The first kappa shape index (κ1) is 24.5. The molecule has 1 atom stereocenters. The summed E-state index contributed by atoms with van der Waals surface area (Å²) in [6.45, 7) is -0.132. The normalized spacial score (nSPS) is 19.0. The second-order valence-corrected chi connectivity index (χ2v) is 7.28. The molecule has 33 heavy (non-hydrogen) atoms. The first-order valence-corrected chi connectivity index (χ1v) is 10.1. The molecule has 10 nitrogen and oxygen atoms in total. The summed E-state index contributed by atoms with van der Waals surface area (Å²) in [5.41, 5.74) is 4.89. The van der Waals surface area contributed by atoms with Crippen molar-refractivity contribution in [3.63, 3.8) is 0 Å². The van der Waals surface area contributed by atoms with Crippen molar-refractivity contribution in [1.29, 1.82) is 0 Å². The largest absolute Gasteiger partial charge is 0.442 e. The average Bonchev–Trinajstić information content (AvgIpc) is 2.96. The highest BCUT2D eigenvalue weighted by Crippen LogP contribution is 2.31. The van der Waals surface area contributed by atoms with E-state index in [0.717, 1.165) is 22.1 Å². The molecule has 0 spiro atoms. The number of cyclic esters (lactones) is 1. The zero-order chi connectivity index (χ0) is 24.1. The lowest BCUT2D eigenvalue weighted by molar-refractivity contribution is -0.181. The number of rotatable bonds is 7. The fourth-order valence-corrected chi connectivity index (χ4v) is 3.46. The smallest absolute Gasteiger partial charge is 0.414 e. The summed E-state index contributed by atoms with van der Waals surface area (Å²) in [4.78, 5) is 42.7. The van der Waals surface area contributed by atoms with E-state index in [1.54, 1.807) is 0 Å². The molecule has 0 aliphatic carbocycles. The maximum absolute atomic E-state index is 14.9. The molecule has 1 aromatic carbocycles. The first-order chi connectivity index (χ1) is 15.7. The molecule has 2 saturated heterocycles. The SMILES string of the molecule is NCCC(=O)N1CCN(c2c(F)cc(N3C[C@H](CNC(=O)C(F)F)OC3=O)cc2F)CCO1. The number of halogens is 4. The average molecular weight is 477 g/mol. The van der Waals surface area contributed by atoms with Crippen molar-refractivity contribution in [3.05, 3.63) is 23.8 Å². The molecule has 0 radical (unpaired) electrons. The fraction of sp³-hybridized carbons (Fsp3) is 0.526. The van der Waals surface area contributed by atoms with Crippen molar-refractivity contribution in [3.8, 4) is 0 Å². The second-order valence-electron chi connectivity index (χ2n) is 7.28. The van der Waals surface area contributed by atoms with E-state index >= 15 is 0 Å². The molecular weight excluding hydrogens is 454 g/mol. The predicted octanol–water partition coefficient (Wildman–Crippen LogP) is 0.600. The van der Waals surface area contributed by atoms with Crippen LogP contribution in [0, 0.1) is 11.6 Å². The number of ether oxygens (including phenoxy) is 1. The molecule has 3 amide bonds. The lowest BCUT2D eigenvalue weighted by atomic mass is 10.2. The molecule has 1 aromatic rings. The van der Waals surface area contributed by atoms with Gasteiger partial charge in [-0.1, -0.05) is 0 Å². The van der Waals surface area contributed by atoms with Gasteiger partial charge in [0, 0.05) is 38.2 Å². The summed E-state index contributed by atoms with van der Waals surface area (Å²) in [6, 6.07) is 1.89.